The maximum absolute atomic E-state index is 13.8. The molecular formula is C71H72N4O6. The number of hydrogen-bond donors (Lipinski definition) is 2. The van der Waals surface area contributed by atoms with Gasteiger partial charge in [0.2, 0.25) is 0 Å². The summed E-state index contributed by atoms with van der Waals surface area (Å²) in [5.41, 5.74) is 13.3. The third kappa shape index (κ3) is 9.04. The first-order valence-electron chi connectivity index (χ1n) is 28.9. The smallest absolute Gasteiger partial charge is 0.340 e. The fourth-order valence-corrected chi connectivity index (χ4v) is 12.5. The Bertz CT molecular complexity index is 3530. The normalized spacial score (nSPS) is 17.1. The van der Waals surface area contributed by atoms with Gasteiger partial charge in [-0.2, -0.15) is 0 Å². The van der Waals surface area contributed by atoms with Gasteiger partial charge in [0.05, 0.1) is 11.1 Å². The molecule has 8 aromatic carbocycles. The number of ether oxygens (including phenoxy) is 4. The quantitative estimate of drug-likeness (QED) is 0.0910. The molecule has 2 atom stereocenters. The molecule has 10 nitrogen and oxygen atoms in total. The number of aryl methyl sites for hydroxylation is 2. The van der Waals surface area contributed by atoms with Crippen molar-refractivity contribution < 1.29 is 28.5 Å². The van der Waals surface area contributed by atoms with Crippen molar-refractivity contribution in [2.24, 2.45) is 11.8 Å². The summed E-state index contributed by atoms with van der Waals surface area (Å²) < 4.78 is 26.8. The van der Waals surface area contributed by atoms with E-state index in [9.17, 15) is 9.59 Å². The van der Waals surface area contributed by atoms with Crippen LogP contribution < -0.4 is 29.9 Å². The van der Waals surface area contributed by atoms with E-state index in [0.29, 0.717) is 46.0 Å². The van der Waals surface area contributed by atoms with E-state index in [1.54, 1.807) is 0 Å². The lowest BCUT2D eigenvalue weighted by Crippen LogP contribution is -2.33. The molecule has 81 heavy (non-hydrogen) atoms. The van der Waals surface area contributed by atoms with Crippen LogP contribution in [-0.4, -0.2) is 38.1 Å². The summed E-state index contributed by atoms with van der Waals surface area (Å²) in [7, 11) is 0. The van der Waals surface area contributed by atoms with Crippen LogP contribution in [0.4, 0.5) is 34.1 Å². The van der Waals surface area contributed by atoms with Crippen LogP contribution in [-0.2, 0) is 26.1 Å². The third-order valence-corrected chi connectivity index (χ3v) is 17.3. The van der Waals surface area contributed by atoms with Gasteiger partial charge in [-0.1, -0.05) is 102 Å². The van der Waals surface area contributed by atoms with Crippen molar-refractivity contribution >= 4 is 46.1 Å². The van der Waals surface area contributed by atoms with Crippen LogP contribution >= 0.6 is 0 Å². The van der Waals surface area contributed by atoms with Crippen LogP contribution in [0, 0.1) is 25.7 Å². The average molecular weight is 1080 g/mol. The van der Waals surface area contributed by atoms with Gasteiger partial charge >= 0.3 is 11.9 Å². The number of carbonyl (C=O) groups is 2. The molecule has 0 saturated heterocycles. The van der Waals surface area contributed by atoms with Crippen molar-refractivity contribution in [3.8, 4) is 23.0 Å². The predicted octanol–water partition coefficient (Wildman–Crippen LogP) is 17.0. The number of rotatable bonds is 16. The minimum absolute atomic E-state index is 0.334. The lowest BCUT2D eigenvalue weighted by atomic mass is 9.77. The standard InChI is InChI=1S/C71H72N4O6/c1-11-74(35-33-43(3)4)51-29-31-57-65(39-51)78-63-37-45(7)61(41-59(63)70(57)55-19-15-13-17-53(55)67(76)80-70)72-49-25-21-47(22-26-49)69(9,10)48-23-27-50(28-24-48)73-62-42-60-64(38-46(62)8)79-66-40-52(75(12-2)36-34-44(5)6)30-32-58(66)71(60)56-20-16-14-18-54(56)68(77)81-71/h13-32,37-44,72-73H,11-12,33-36H2,1-10H3. The van der Waals surface area contributed by atoms with E-state index in [0.717, 1.165) is 129 Å². The highest BCUT2D eigenvalue weighted by Gasteiger charge is 2.55. The first-order chi connectivity index (χ1) is 39.0. The molecule has 8 aromatic rings. The number of fused-ring (bicyclic) bond motifs is 12. The highest BCUT2D eigenvalue weighted by atomic mass is 16.6. The van der Waals surface area contributed by atoms with Gasteiger partial charge in [0, 0.05) is 111 Å². The summed E-state index contributed by atoms with van der Waals surface area (Å²) in [5, 5.41) is 7.43. The van der Waals surface area contributed by atoms with Crippen LogP contribution in [0.1, 0.15) is 145 Å². The molecule has 4 aliphatic rings. The third-order valence-electron chi connectivity index (χ3n) is 17.3. The zero-order chi connectivity index (χ0) is 56.5. The molecule has 412 valence electrons. The summed E-state index contributed by atoms with van der Waals surface area (Å²) in [5.74, 6) is 3.17. The largest absolute Gasteiger partial charge is 0.456 e. The Labute approximate surface area is 477 Å². The maximum Gasteiger partial charge on any atom is 0.340 e. The molecule has 0 aromatic heterocycles. The van der Waals surface area contributed by atoms with Crippen LogP contribution in [0.2, 0.25) is 0 Å². The van der Waals surface area contributed by atoms with Gasteiger partial charge in [-0.05, 0) is 160 Å². The molecule has 0 bridgehead atoms. The van der Waals surface area contributed by atoms with Crippen molar-refractivity contribution in [1.29, 1.82) is 0 Å². The first-order valence-corrected chi connectivity index (χ1v) is 28.9. The van der Waals surface area contributed by atoms with Crippen molar-refractivity contribution in [3.63, 3.8) is 0 Å². The van der Waals surface area contributed by atoms with Crippen LogP contribution in [0.25, 0.3) is 0 Å². The minimum atomic E-state index is -1.19. The molecule has 2 unspecified atom stereocenters. The molecule has 12 rings (SSSR count). The average Bonchev–Trinajstić information content (AvgIpc) is 2.82. The molecule has 2 N–H and O–H groups in total. The van der Waals surface area contributed by atoms with Gasteiger partial charge < -0.3 is 39.4 Å². The molecule has 2 spiro atoms. The molecule has 0 aliphatic carbocycles. The summed E-state index contributed by atoms with van der Waals surface area (Å²) in [4.78, 5) is 32.3. The summed E-state index contributed by atoms with van der Waals surface area (Å²) in [6.45, 7) is 25.6. The summed E-state index contributed by atoms with van der Waals surface area (Å²) in [6.07, 6.45) is 2.16. The van der Waals surface area contributed by atoms with Crippen LogP contribution in [0.5, 0.6) is 23.0 Å². The predicted molar refractivity (Wildman–Crippen MR) is 325 cm³/mol. The van der Waals surface area contributed by atoms with Gasteiger partial charge in [-0.25, -0.2) is 9.59 Å². The fraction of sp³-hybridized carbons (Fsp3) is 0.296. The summed E-state index contributed by atoms with van der Waals surface area (Å²) >= 11 is 0. The van der Waals surface area contributed by atoms with Gasteiger partial charge in [0.15, 0.2) is 11.2 Å². The highest BCUT2D eigenvalue weighted by Crippen LogP contribution is 2.59. The number of nitrogens with zero attached hydrogens (tertiary/aromatic N) is 2. The SMILES string of the molecule is CCN(CCC(C)C)c1ccc2c(c1)Oc1cc(C)c(Nc3ccc(C(C)(C)c4ccc(Nc5cc6c(cc5C)Oc5cc(N(CC)CCC(C)C)ccc5C65OC(=O)c6ccccc65)cc4)cc3)cc1C21OC(=O)c2ccccc21. The Morgan fingerprint density at radius 3 is 1.23 bits per heavy atom. The molecule has 4 heterocycles. The molecule has 0 saturated carbocycles. The number of carbonyl (C=O) groups excluding carboxylic acids is 2. The summed E-state index contributed by atoms with van der Waals surface area (Å²) in [6, 6.07) is 53.6. The number of hydrogen-bond acceptors (Lipinski definition) is 10. The van der Waals surface area contributed by atoms with E-state index < -0.39 is 11.2 Å². The number of benzene rings is 8. The molecular weight excluding hydrogens is 1000 g/mol. The van der Waals surface area contributed by atoms with E-state index >= 15 is 0 Å². The van der Waals surface area contributed by atoms with Gasteiger partial charge in [-0.15, -0.1) is 0 Å². The van der Waals surface area contributed by atoms with E-state index in [-0.39, 0.29) is 17.4 Å². The Morgan fingerprint density at radius 2 is 0.852 bits per heavy atom. The van der Waals surface area contributed by atoms with Crippen molar-refractivity contribution in [2.75, 3.05) is 46.6 Å². The topological polar surface area (TPSA) is 102 Å². The van der Waals surface area contributed by atoms with Crippen molar-refractivity contribution in [3.05, 3.63) is 224 Å². The highest BCUT2D eigenvalue weighted by molar-refractivity contribution is 5.98. The fourth-order valence-electron chi connectivity index (χ4n) is 12.5. The second-order valence-electron chi connectivity index (χ2n) is 23.7. The minimum Gasteiger partial charge on any atom is -0.456 e. The Kier molecular flexibility index (Phi) is 13.5. The number of nitrogens with one attached hydrogen (secondary N) is 2. The van der Waals surface area contributed by atoms with Gasteiger partial charge in [0.1, 0.15) is 23.0 Å². The second kappa shape index (κ2) is 20.6. The van der Waals surface area contributed by atoms with Gasteiger partial charge in [0.25, 0.3) is 0 Å². The monoisotopic (exact) mass is 1080 g/mol. The zero-order valence-corrected chi connectivity index (χ0v) is 48.3. The van der Waals surface area contributed by atoms with Crippen molar-refractivity contribution in [2.45, 2.75) is 98.7 Å². The Balaban J connectivity index is 0.798. The van der Waals surface area contributed by atoms with Crippen LogP contribution in [0.15, 0.2) is 158 Å². The van der Waals surface area contributed by atoms with Crippen LogP contribution in [0.3, 0.4) is 0 Å². The first kappa shape index (κ1) is 53.2. The van der Waals surface area contributed by atoms with E-state index in [1.165, 1.54) is 0 Å². The van der Waals surface area contributed by atoms with E-state index in [2.05, 4.69) is 199 Å². The molecule has 4 aliphatic heterocycles. The lowest BCUT2D eigenvalue weighted by Gasteiger charge is -2.38. The lowest BCUT2D eigenvalue weighted by molar-refractivity contribution is 0.0214. The maximum atomic E-state index is 13.8. The molecule has 0 amide bonds. The molecule has 0 radical (unpaired) electrons. The van der Waals surface area contributed by atoms with E-state index in [1.807, 2.05) is 48.5 Å². The molecule has 10 heteroatoms. The zero-order valence-electron chi connectivity index (χ0n) is 48.3. The second-order valence-corrected chi connectivity index (χ2v) is 23.7. The Hall–Kier alpha value is -8.50. The van der Waals surface area contributed by atoms with Crippen molar-refractivity contribution in [1.82, 2.24) is 0 Å². The molecule has 0 fully saturated rings. The Morgan fingerprint density at radius 1 is 0.469 bits per heavy atom. The van der Waals surface area contributed by atoms with Gasteiger partial charge in [-0.3, -0.25) is 0 Å². The van der Waals surface area contributed by atoms with E-state index in [4.69, 9.17) is 18.9 Å². The number of anilines is 6. The number of esters is 2.